The molecule has 0 fully saturated rings. The van der Waals surface area contributed by atoms with Crippen LogP contribution in [0.1, 0.15) is 0 Å². The van der Waals surface area contributed by atoms with E-state index >= 15 is 0 Å². The van der Waals surface area contributed by atoms with Crippen molar-refractivity contribution in [2.75, 3.05) is 4.90 Å². The first-order chi connectivity index (χ1) is 28.2. The van der Waals surface area contributed by atoms with Crippen molar-refractivity contribution in [2.24, 2.45) is 0 Å². The molecule has 0 atom stereocenters. The molecule has 0 heterocycles. The molecule has 0 amide bonds. The molecule has 10 aromatic rings. The molecule has 57 heavy (non-hydrogen) atoms. The minimum atomic E-state index is 1.09. The van der Waals surface area contributed by atoms with E-state index in [0.29, 0.717) is 0 Å². The SMILES string of the molecule is c1ccc(-c2cc(-c3ccccc3)cc(-c3ccc(N(c4cccc(-c5ccc6ccccc6c5)c4)c4cccc(-c5cccc6ccccc56)c4)cc3)c2)cc1. The Balaban J connectivity index is 1.10. The highest BCUT2D eigenvalue weighted by atomic mass is 15.1. The first-order valence-electron chi connectivity index (χ1n) is 19.6. The summed E-state index contributed by atoms with van der Waals surface area (Å²) in [5.41, 5.74) is 15.2. The summed E-state index contributed by atoms with van der Waals surface area (Å²) in [6, 6.07) is 85.7. The summed E-state index contributed by atoms with van der Waals surface area (Å²) in [6.07, 6.45) is 0. The minimum Gasteiger partial charge on any atom is -0.310 e. The fraction of sp³-hybridized carbons (Fsp3) is 0. The van der Waals surface area contributed by atoms with Gasteiger partial charge in [0.2, 0.25) is 0 Å². The molecule has 268 valence electrons. The van der Waals surface area contributed by atoms with Crippen molar-refractivity contribution in [3.8, 4) is 55.6 Å². The molecular formula is C56H39N. The van der Waals surface area contributed by atoms with E-state index in [9.17, 15) is 0 Å². The lowest BCUT2D eigenvalue weighted by Crippen LogP contribution is -2.10. The third kappa shape index (κ3) is 6.88. The standard InChI is InChI=1S/C56H39N/c1-3-14-40(15-4-1)49-35-50(41-16-5-2-6-17-41)37-51(36-49)43-30-32-52(33-31-43)57(53-24-11-22-46(38-53)47-29-28-42-18-7-8-20-45(42)34-47)54-25-12-23-48(39-54)56-27-13-21-44-19-9-10-26-55(44)56/h1-39H. The highest BCUT2D eigenvalue weighted by molar-refractivity contribution is 5.98. The molecule has 0 spiro atoms. The van der Waals surface area contributed by atoms with Crippen molar-refractivity contribution in [3.63, 3.8) is 0 Å². The lowest BCUT2D eigenvalue weighted by molar-refractivity contribution is 1.28. The molecule has 0 N–H and O–H groups in total. The van der Waals surface area contributed by atoms with Gasteiger partial charge in [-0.05, 0) is 138 Å². The van der Waals surface area contributed by atoms with Crippen LogP contribution in [0.4, 0.5) is 17.1 Å². The van der Waals surface area contributed by atoms with Gasteiger partial charge < -0.3 is 4.90 Å². The maximum atomic E-state index is 2.39. The quantitative estimate of drug-likeness (QED) is 0.151. The Morgan fingerprint density at radius 2 is 0.667 bits per heavy atom. The zero-order chi connectivity index (χ0) is 38.0. The molecule has 0 aliphatic heterocycles. The highest BCUT2D eigenvalue weighted by Gasteiger charge is 2.16. The Morgan fingerprint density at radius 1 is 0.211 bits per heavy atom. The van der Waals surface area contributed by atoms with Crippen LogP contribution in [0.25, 0.3) is 77.2 Å². The van der Waals surface area contributed by atoms with Crippen LogP contribution in [0.3, 0.4) is 0 Å². The maximum absolute atomic E-state index is 2.39. The highest BCUT2D eigenvalue weighted by Crippen LogP contribution is 2.41. The number of benzene rings is 10. The third-order valence-corrected chi connectivity index (χ3v) is 11.0. The van der Waals surface area contributed by atoms with Gasteiger partial charge in [0.25, 0.3) is 0 Å². The van der Waals surface area contributed by atoms with Gasteiger partial charge in [-0.25, -0.2) is 0 Å². The lowest BCUT2D eigenvalue weighted by Gasteiger charge is -2.27. The molecule has 0 aromatic heterocycles. The molecule has 0 aliphatic rings. The Hall–Kier alpha value is -7.48. The van der Waals surface area contributed by atoms with E-state index in [4.69, 9.17) is 0 Å². The van der Waals surface area contributed by atoms with Crippen molar-refractivity contribution in [3.05, 3.63) is 237 Å². The van der Waals surface area contributed by atoms with E-state index in [1.807, 2.05) is 0 Å². The van der Waals surface area contributed by atoms with E-state index in [2.05, 4.69) is 241 Å². The van der Waals surface area contributed by atoms with Gasteiger partial charge in [0.05, 0.1) is 0 Å². The predicted molar refractivity (Wildman–Crippen MR) is 243 cm³/mol. The van der Waals surface area contributed by atoms with Crippen LogP contribution in [0.5, 0.6) is 0 Å². The number of nitrogens with zero attached hydrogens (tertiary/aromatic N) is 1. The molecule has 10 rings (SSSR count). The summed E-state index contributed by atoms with van der Waals surface area (Å²) >= 11 is 0. The normalized spacial score (nSPS) is 11.2. The van der Waals surface area contributed by atoms with E-state index in [1.165, 1.54) is 77.2 Å². The third-order valence-electron chi connectivity index (χ3n) is 11.0. The Bertz CT molecular complexity index is 2940. The molecule has 0 aliphatic carbocycles. The van der Waals surface area contributed by atoms with E-state index in [-0.39, 0.29) is 0 Å². The molecule has 10 aromatic carbocycles. The van der Waals surface area contributed by atoms with Gasteiger partial charge >= 0.3 is 0 Å². The van der Waals surface area contributed by atoms with Gasteiger partial charge in [-0.3, -0.25) is 0 Å². The molecular weight excluding hydrogens is 687 g/mol. The Morgan fingerprint density at radius 3 is 1.33 bits per heavy atom. The van der Waals surface area contributed by atoms with Crippen molar-refractivity contribution < 1.29 is 0 Å². The average Bonchev–Trinajstić information content (AvgIpc) is 3.29. The Kier molecular flexibility index (Phi) is 8.95. The van der Waals surface area contributed by atoms with Gasteiger partial charge in [0.1, 0.15) is 0 Å². The summed E-state index contributed by atoms with van der Waals surface area (Å²) < 4.78 is 0. The zero-order valence-corrected chi connectivity index (χ0v) is 31.5. The first kappa shape index (κ1) is 34.0. The van der Waals surface area contributed by atoms with Gasteiger partial charge in [-0.2, -0.15) is 0 Å². The molecule has 0 saturated carbocycles. The Labute approximate surface area is 334 Å². The molecule has 0 saturated heterocycles. The first-order valence-corrected chi connectivity index (χ1v) is 19.6. The van der Waals surface area contributed by atoms with E-state index in [1.54, 1.807) is 0 Å². The van der Waals surface area contributed by atoms with Crippen molar-refractivity contribution in [1.29, 1.82) is 0 Å². The van der Waals surface area contributed by atoms with Crippen molar-refractivity contribution in [2.45, 2.75) is 0 Å². The number of anilines is 3. The number of fused-ring (bicyclic) bond motifs is 2. The second-order valence-electron chi connectivity index (χ2n) is 14.6. The smallest absolute Gasteiger partial charge is 0.0467 e. The van der Waals surface area contributed by atoms with Crippen LogP contribution < -0.4 is 4.90 Å². The second-order valence-corrected chi connectivity index (χ2v) is 14.6. The van der Waals surface area contributed by atoms with Gasteiger partial charge in [0, 0.05) is 17.1 Å². The van der Waals surface area contributed by atoms with Crippen LogP contribution in [0.15, 0.2) is 237 Å². The molecule has 0 unspecified atom stereocenters. The van der Waals surface area contributed by atoms with Gasteiger partial charge in [0.15, 0.2) is 0 Å². The molecule has 0 radical (unpaired) electrons. The van der Waals surface area contributed by atoms with Crippen molar-refractivity contribution >= 4 is 38.6 Å². The minimum absolute atomic E-state index is 1.09. The summed E-state index contributed by atoms with van der Waals surface area (Å²) in [6.45, 7) is 0. The van der Waals surface area contributed by atoms with E-state index < -0.39 is 0 Å². The topological polar surface area (TPSA) is 3.24 Å². The zero-order valence-electron chi connectivity index (χ0n) is 31.5. The number of rotatable bonds is 8. The fourth-order valence-corrected chi connectivity index (χ4v) is 8.12. The lowest BCUT2D eigenvalue weighted by atomic mass is 9.93. The van der Waals surface area contributed by atoms with Crippen LogP contribution in [0.2, 0.25) is 0 Å². The largest absolute Gasteiger partial charge is 0.310 e. The number of hydrogen-bond donors (Lipinski definition) is 0. The van der Waals surface area contributed by atoms with Crippen LogP contribution >= 0.6 is 0 Å². The van der Waals surface area contributed by atoms with Crippen LogP contribution in [-0.4, -0.2) is 0 Å². The molecule has 1 nitrogen and oxygen atoms in total. The van der Waals surface area contributed by atoms with E-state index in [0.717, 1.165) is 17.1 Å². The maximum Gasteiger partial charge on any atom is 0.0467 e. The number of hydrogen-bond acceptors (Lipinski definition) is 1. The van der Waals surface area contributed by atoms with Crippen molar-refractivity contribution in [1.82, 2.24) is 0 Å². The average molecular weight is 726 g/mol. The summed E-state index contributed by atoms with van der Waals surface area (Å²) in [4.78, 5) is 2.39. The summed E-state index contributed by atoms with van der Waals surface area (Å²) in [5.74, 6) is 0. The molecule has 1 heteroatoms. The summed E-state index contributed by atoms with van der Waals surface area (Å²) in [7, 11) is 0. The van der Waals surface area contributed by atoms with Crippen LogP contribution in [0, 0.1) is 0 Å². The summed E-state index contributed by atoms with van der Waals surface area (Å²) in [5, 5.41) is 4.97. The fourth-order valence-electron chi connectivity index (χ4n) is 8.12. The monoisotopic (exact) mass is 725 g/mol. The molecule has 0 bridgehead atoms. The predicted octanol–water partition coefficient (Wildman–Crippen LogP) is 15.8. The van der Waals surface area contributed by atoms with Gasteiger partial charge in [-0.15, -0.1) is 0 Å². The van der Waals surface area contributed by atoms with Crippen LogP contribution in [-0.2, 0) is 0 Å². The van der Waals surface area contributed by atoms with Gasteiger partial charge in [-0.1, -0.05) is 176 Å². The second kappa shape index (κ2) is 15.0.